The van der Waals surface area contributed by atoms with Crippen LogP contribution in [0.15, 0.2) is 18.3 Å². The average molecular weight is 264 g/mol. The second kappa shape index (κ2) is 6.49. The predicted octanol–water partition coefficient (Wildman–Crippen LogP) is 0.644. The molecule has 1 aromatic rings. The third kappa shape index (κ3) is 3.65. The zero-order valence-electron chi connectivity index (χ0n) is 11.2. The van der Waals surface area contributed by atoms with E-state index in [-0.39, 0.29) is 0 Å². The van der Waals surface area contributed by atoms with Gasteiger partial charge in [0.2, 0.25) is 5.91 Å². The first-order valence-corrected chi connectivity index (χ1v) is 6.59. The molecule has 0 aromatic carbocycles. The van der Waals surface area contributed by atoms with Crippen LogP contribution < -0.4 is 10.6 Å². The lowest BCUT2D eigenvalue weighted by Gasteiger charge is -2.34. The number of hydroxylamine groups is 2. The third-order valence-corrected chi connectivity index (χ3v) is 3.07. The summed E-state index contributed by atoms with van der Waals surface area (Å²) in [5.74, 6) is 0.428. The summed E-state index contributed by atoms with van der Waals surface area (Å²) in [4.78, 5) is 23.0. The Labute approximate surface area is 113 Å². The maximum atomic E-state index is 11.0. The Hall–Kier alpha value is -1.66. The first kappa shape index (κ1) is 13.8. The summed E-state index contributed by atoms with van der Waals surface area (Å²) in [6, 6.07) is 3.55. The van der Waals surface area contributed by atoms with Crippen LogP contribution in [0.4, 0.5) is 5.82 Å². The number of primary amides is 1. The molecule has 1 fully saturated rings. The Balaban J connectivity index is 1.88. The number of carbonyl (C=O) groups excluding carboxylic acids is 1. The van der Waals surface area contributed by atoms with Gasteiger partial charge in [-0.2, -0.15) is 5.06 Å². The fraction of sp³-hybridized carbons (Fsp3) is 0.538. The molecule has 0 unspecified atom stereocenters. The van der Waals surface area contributed by atoms with Crippen molar-refractivity contribution in [2.24, 2.45) is 5.73 Å². The van der Waals surface area contributed by atoms with Gasteiger partial charge in [-0.05, 0) is 18.6 Å². The maximum Gasteiger partial charge on any atom is 0.250 e. The number of amides is 1. The Morgan fingerprint density at radius 3 is 2.63 bits per heavy atom. The molecule has 0 bridgehead atoms. The van der Waals surface area contributed by atoms with Crippen molar-refractivity contribution in [3.8, 4) is 0 Å². The van der Waals surface area contributed by atoms with Crippen molar-refractivity contribution in [1.82, 2.24) is 10.0 Å². The van der Waals surface area contributed by atoms with Crippen LogP contribution in [-0.2, 0) is 4.84 Å². The van der Waals surface area contributed by atoms with Crippen LogP contribution in [0, 0.1) is 0 Å². The summed E-state index contributed by atoms with van der Waals surface area (Å²) in [7, 11) is 0. The summed E-state index contributed by atoms with van der Waals surface area (Å²) in [5.41, 5.74) is 5.63. The summed E-state index contributed by atoms with van der Waals surface area (Å²) in [6.45, 7) is 6.32. The molecule has 6 nitrogen and oxygen atoms in total. The normalized spacial score (nSPS) is 16.6. The molecule has 1 aliphatic rings. The van der Waals surface area contributed by atoms with E-state index in [1.807, 2.05) is 11.1 Å². The molecule has 2 rings (SSSR count). The largest absolute Gasteiger partial charge is 0.366 e. The van der Waals surface area contributed by atoms with Gasteiger partial charge in [-0.15, -0.1) is 0 Å². The molecule has 0 aliphatic carbocycles. The molecule has 0 saturated carbocycles. The minimum absolute atomic E-state index is 0.439. The van der Waals surface area contributed by atoms with Crippen molar-refractivity contribution in [2.75, 3.05) is 37.7 Å². The van der Waals surface area contributed by atoms with Crippen molar-refractivity contribution >= 4 is 11.7 Å². The van der Waals surface area contributed by atoms with E-state index in [0.29, 0.717) is 5.56 Å². The number of nitrogens with zero attached hydrogens (tertiary/aromatic N) is 3. The molecule has 1 aromatic heterocycles. The lowest BCUT2D eigenvalue weighted by atomic mass is 10.2. The molecule has 2 heterocycles. The van der Waals surface area contributed by atoms with Gasteiger partial charge in [-0.1, -0.05) is 6.92 Å². The standard InChI is InChI=1S/C13H20N4O2/c1-2-9-19-17-7-5-16(6-8-17)12-4-3-11(10-15-12)13(14)18/h3-4,10H,2,5-9H2,1H3,(H2,14,18). The number of hydrogen-bond acceptors (Lipinski definition) is 5. The maximum absolute atomic E-state index is 11.0. The summed E-state index contributed by atoms with van der Waals surface area (Å²) in [6.07, 6.45) is 2.55. The quantitative estimate of drug-likeness (QED) is 0.845. The fourth-order valence-electron chi connectivity index (χ4n) is 1.99. The number of hydrogen-bond donors (Lipinski definition) is 1. The van der Waals surface area contributed by atoms with Crippen LogP contribution in [0.2, 0.25) is 0 Å². The van der Waals surface area contributed by atoms with E-state index >= 15 is 0 Å². The van der Waals surface area contributed by atoms with Gasteiger partial charge in [0, 0.05) is 32.4 Å². The van der Waals surface area contributed by atoms with E-state index in [0.717, 1.165) is 45.0 Å². The topological polar surface area (TPSA) is 71.7 Å². The van der Waals surface area contributed by atoms with Crippen molar-refractivity contribution in [3.05, 3.63) is 23.9 Å². The molecule has 0 spiro atoms. The van der Waals surface area contributed by atoms with Crippen LogP contribution in [-0.4, -0.2) is 48.7 Å². The fourth-order valence-corrected chi connectivity index (χ4v) is 1.99. The van der Waals surface area contributed by atoms with Gasteiger partial charge >= 0.3 is 0 Å². The Kier molecular flexibility index (Phi) is 4.70. The number of carbonyl (C=O) groups is 1. The van der Waals surface area contributed by atoms with Gasteiger partial charge in [0.15, 0.2) is 0 Å². The van der Waals surface area contributed by atoms with Crippen molar-refractivity contribution in [1.29, 1.82) is 0 Å². The van der Waals surface area contributed by atoms with Gasteiger partial charge in [0.1, 0.15) is 5.82 Å². The molecule has 1 aliphatic heterocycles. The highest BCUT2D eigenvalue weighted by molar-refractivity contribution is 5.92. The van der Waals surface area contributed by atoms with Crippen LogP contribution in [0.3, 0.4) is 0 Å². The van der Waals surface area contributed by atoms with E-state index in [4.69, 9.17) is 10.6 Å². The Bertz CT molecular complexity index is 413. The first-order valence-electron chi connectivity index (χ1n) is 6.59. The minimum Gasteiger partial charge on any atom is -0.366 e. The number of anilines is 1. The highest BCUT2D eigenvalue weighted by atomic mass is 16.7. The summed E-state index contributed by atoms with van der Waals surface area (Å²) >= 11 is 0. The second-order valence-corrected chi connectivity index (χ2v) is 4.52. The highest BCUT2D eigenvalue weighted by Gasteiger charge is 2.18. The van der Waals surface area contributed by atoms with Crippen molar-refractivity contribution in [2.45, 2.75) is 13.3 Å². The van der Waals surface area contributed by atoms with E-state index in [1.165, 1.54) is 6.20 Å². The number of rotatable bonds is 5. The number of pyridine rings is 1. The minimum atomic E-state index is -0.447. The zero-order chi connectivity index (χ0) is 13.7. The molecule has 0 atom stereocenters. The van der Waals surface area contributed by atoms with E-state index in [1.54, 1.807) is 6.07 Å². The van der Waals surface area contributed by atoms with Gasteiger partial charge in [-0.3, -0.25) is 9.63 Å². The van der Waals surface area contributed by atoms with Crippen LogP contribution in [0.5, 0.6) is 0 Å². The number of piperazine rings is 1. The van der Waals surface area contributed by atoms with Crippen molar-refractivity contribution in [3.63, 3.8) is 0 Å². The second-order valence-electron chi connectivity index (χ2n) is 4.52. The molecule has 1 saturated heterocycles. The van der Waals surface area contributed by atoms with Gasteiger partial charge in [-0.25, -0.2) is 4.98 Å². The van der Waals surface area contributed by atoms with Crippen LogP contribution in [0.1, 0.15) is 23.7 Å². The predicted molar refractivity (Wildman–Crippen MR) is 72.8 cm³/mol. The van der Waals surface area contributed by atoms with E-state index in [9.17, 15) is 4.79 Å². The Morgan fingerprint density at radius 2 is 2.11 bits per heavy atom. The summed E-state index contributed by atoms with van der Waals surface area (Å²) < 4.78 is 0. The molecule has 19 heavy (non-hydrogen) atoms. The molecular weight excluding hydrogens is 244 g/mol. The monoisotopic (exact) mass is 264 g/mol. The molecule has 6 heteroatoms. The molecule has 0 radical (unpaired) electrons. The lowest BCUT2D eigenvalue weighted by Crippen LogP contribution is -2.46. The van der Waals surface area contributed by atoms with Crippen molar-refractivity contribution < 1.29 is 9.63 Å². The van der Waals surface area contributed by atoms with Gasteiger partial charge < -0.3 is 10.6 Å². The molecule has 2 N–H and O–H groups in total. The third-order valence-electron chi connectivity index (χ3n) is 3.07. The molecular formula is C13H20N4O2. The van der Waals surface area contributed by atoms with Crippen LogP contribution >= 0.6 is 0 Å². The van der Waals surface area contributed by atoms with Crippen LogP contribution in [0.25, 0.3) is 0 Å². The first-order chi connectivity index (χ1) is 9.20. The number of aromatic nitrogens is 1. The van der Waals surface area contributed by atoms with E-state index in [2.05, 4.69) is 16.8 Å². The lowest BCUT2D eigenvalue weighted by molar-refractivity contribution is -0.161. The van der Waals surface area contributed by atoms with E-state index < -0.39 is 5.91 Å². The average Bonchev–Trinajstić information content (AvgIpc) is 2.46. The smallest absolute Gasteiger partial charge is 0.250 e. The molecule has 104 valence electrons. The zero-order valence-corrected chi connectivity index (χ0v) is 11.2. The SMILES string of the molecule is CCCON1CCN(c2ccc(C(N)=O)cn2)CC1. The van der Waals surface area contributed by atoms with Gasteiger partial charge in [0.05, 0.1) is 12.2 Å². The highest BCUT2D eigenvalue weighted by Crippen LogP contribution is 2.14. The Morgan fingerprint density at radius 1 is 1.37 bits per heavy atom. The molecule has 1 amide bonds. The number of nitrogens with two attached hydrogens (primary N) is 1. The van der Waals surface area contributed by atoms with Gasteiger partial charge in [0.25, 0.3) is 0 Å². The summed E-state index contributed by atoms with van der Waals surface area (Å²) in [5, 5.41) is 2.00.